The molecule has 1 aliphatic heterocycles. The molecule has 0 aliphatic carbocycles. The number of hydrogen-bond acceptors (Lipinski definition) is 4. The summed E-state index contributed by atoms with van der Waals surface area (Å²) >= 11 is 0. The van der Waals surface area contributed by atoms with Crippen LogP contribution in [-0.2, 0) is 16.4 Å². The van der Waals surface area contributed by atoms with E-state index in [4.69, 9.17) is 0 Å². The first-order valence-corrected chi connectivity index (χ1v) is 11.2. The van der Waals surface area contributed by atoms with Gasteiger partial charge in [-0.15, -0.1) is 0 Å². The SMILES string of the molecule is CNC(=O)c1c(-c2ccc(F)cc2)nn2cc3c(cc12)CCCCN3S(C)(=O)=O. The number of carbonyl (C=O) groups excluding carboxylic acids is 1. The highest BCUT2D eigenvalue weighted by Crippen LogP contribution is 2.33. The highest BCUT2D eigenvalue weighted by Gasteiger charge is 2.27. The number of nitrogens with zero attached hydrogens (tertiary/aromatic N) is 3. The number of rotatable bonds is 3. The monoisotopic (exact) mass is 416 g/mol. The third-order valence-electron chi connectivity index (χ3n) is 5.13. The number of halogens is 1. The van der Waals surface area contributed by atoms with Crippen molar-refractivity contribution in [2.24, 2.45) is 0 Å². The summed E-state index contributed by atoms with van der Waals surface area (Å²) in [6.45, 7) is 0.408. The van der Waals surface area contributed by atoms with E-state index in [-0.39, 0.29) is 11.7 Å². The van der Waals surface area contributed by atoms with E-state index in [0.29, 0.717) is 41.0 Å². The molecule has 0 radical (unpaired) electrons. The van der Waals surface area contributed by atoms with Crippen LogP contribution in [0.2, 0.25) is 0 Å². The Morgan fingerprint density at radius 1 is 1.21 bits per heavy atom. The van der Waals surface area contributed by atoms with Gasteiger partial charge < -0.3 is 5.32 Å². The van der Waals surface area contributed by atoms with Gasteiger partial charge in [0.15, 0.2) is 0 Å². The number of anilines is 1. The zero-order valence-electron chi connectivity index (χ0n) is 16.1. The fraction of sp³-hybridized carbons (Fsp3) is 0.300. The summed E-state index contributed by atoms with van der Waals surface area (Å²) in [5, 5.41) is 7.18. The maximum absolute atomic E-state index is 13.4. The summed E-state index contributed by atoms with van der Waals surface area (Å²) in [6.07, 6.45) is 5.17. The molecule has 29 heavy (non-hydrogen) atoms. The van der Waals surface area contributed by atoms with Gasteiger partial charge in [0.1, 0.15) is 11.5 Å². The van der Waals surface area contributed by atoms with Gasteiger partial charge in [0, 0.05) is 19.2 Å². The first-order chi connectivity index (χ1) is 13.8. The van der Waals surface area contributed by atoms with Crippen LogP contribution in [0.4, 0.5) is 10.1 Å². The van der Waals surface area contributed by atoms with Gasteiger partial charge in [-0.2, -0.15) is 5.10 Å². The maximum Gasteiger partial charge on any atom is 0.255 e. The number of amides is 1. The molecule has 3 aromatic rings. The van der Waals surface area contributed by atoms with Crippen LogP contribution in [0, 0.1) is 5.82 Å². The van der Waals surface area contributed by atoms with Crippen molar-refractivity contribution in [1.82, 2.24) is 14.9 Å². The molecule has 1 N–H and O–H groups in total. The van der Waals surface area contributed by atoms with Crippen molar-refractivity contribution in [2.75, 3.05) is 24.2 Å². The smallest absolute Gasteiger partial charge is 0.255 e. The molecule has 0 bridgehead atoms. The Labute approximate surface area is 168 Å². The summed E-state index contributed by atoms with van der Waals surface area (Å²) in [5.41, 5.74) is 3.40. The van der Waals surface area contributed by atoms with Crippen LogP contribution in [0.15, 0.2) is 36.5 Å². The number of fused-ring (bicyclic) bond motifs is 2. The highest BCUT2D eigenvalue weighted by atomic mass is 32.2. The van der Waals surface area contributed by atoms with Crippen LogP contribution in [0.1, 0.15) is 28.8 Å². The molecule has 2 aromatic heterocycles. The van der Waals surface area contributed by atoms with Crippen molar-refractivity contribution in [1.29, 1.82) is 0 Å². The van der Waals surface area contributed by atoms with Crippen molar-refractivity contribution in [3.63, 3.8) is 0 Å². The minimum Gasteiger partial charge on any atom is -0.355 e. The van der Waals surface area contributed by atoms with Crippen LogP contribution in [0.3, 0.4) is 0 Å². The quantitative estimate of drug-likeness (QED) is 0.711. The van der Waals surface area contributed by atoms with E-state index >= 15 is 0 Å². The largest absolute Gasteiger partial charge is 0.355 e. The number of aryl methyl sites for hydroxylation is 1. The second-order valence-electron chi connectivity index (χ2n) is 7.12. The number of benzene rings is 1. The highest BCUT2D eigenvalue weighted by molar-refractivity contribution is 7.92. The lowest BCUT2D eigenvalue weighted by Gasteiger charge is -2.22. The maximum atomic E-state index is 13.4. The molecule has 7 nitrogen and oxygen atoms in total. The molecule has 1 aliphatic rings. The van der Waals surface area contributed by atoms with E-state index < -0.39 is 10.0 Å². The van der Waals surface area contributed by atoms with E-state index in [9.17, 15) is 17.6 Å². The minimum absolute atomic E-state index is 0.312. The zero-order valence-corrected chi connectivity index (χ0v) is 17.0. The van der Waals surface area contributed by atoms with Crippen LogP contribution >= 0.6 is 0 Å². The molecule has 0 spiro atoms. The fourth-order valence-corrected chi connectivity index (χ4v) is 4.72. The Balaban J connectivity index is 1.99. The van der Waals surface area contributed by atoms with Crippen LogP contribution in [-0.4, -0.2) is 43.8 Å². The van der Waals surface area contributed by atoms with E-state index in [1.807, 2.05) is 6.07 Å². The Bertz CT molecular complexity index is 1200. The number of sulfonamides is 1. The summed E-state index contributed by atoms with van der Waals surface area (Å²) in [6, 6.07) is 7.60. The fourth-order valence-electron chi connectivity index (χ4n) is 3.74. The molecule has 0 saturated carbocycles. The summed E-state index contributed by atoms with van der Waals surface area (Å²) in [4.78, 5) is 12.7. The molecule has 0 saturated heterocycles. The van der Waals surface area contributed by atoms with Crippen molar-refractivity contribution in [3.05, 3.63) is 53.5 Å². The molecule has 1 aromatic carbocycles. The standard InChI is InChI=1S/C20H21FN4O3S/c1-22-20(26)18-16-11-14-5-3-4-10-25(29(2,27)28)17(14)12-24(16)23-19(18)13-6-8-15(21)9-7-13/h6-9,11-12H,3-5,10H2,1-2H3,(H,22,26). The molecule has 0 atom stereocenters. The Morgan fingerprint density at radius 2 is 1.93 bits per heavy atom. The third-order valence-corrected chi connectivity index (χ3v) is 6.31. The van der Waals surface area contributed by atoms with Crippen LogP contribution in [0.5, 0.6) is 0 Å². The van der Waals surface area contributed by atoms with E-state index in [0.717, 1.165) is 18.4 Å². The van der Waals surface area contributed by atoms with Crippen molar-refractivity contribution >= 4 is 27.1 Å². The summed E-state index contributed by atoms with van der Waals surface area (Å²) in [7, 11) is -1.90. The first-order valence-electron chi connectivity index (χ1n) is 9.30. The molecule has 1 amide bonds. The van der Waals surface area contributed by atoms with E-state index in [1.54, 1.807) is 18.3 Å². The van der Waals surface area contributed by atoms with Gasteiger partial charge in [0.25, 0.3) is 5.91 Å². The molecular weight excluding hydrogens is 395 g/mol. The van der Waals surface area contributed by atoms with Gasteiger partial charge in [-0.3, -0.25) is 9.10 Å². The van der Waals surface area contributed by atoms with Gasteiger partial charge >= 0.3 is 0 Å². The normalized spacial score (nSPS) is 14.5. The van der Waals surface area contributed by atoms with Gasteiger partial charge in [-0.25, -0.2) is 17.3 Å². The van der Waals surface area contributed by atoms with Gasteiger partial charge in [0.2, 0.25) is 10.0 Å². The molecule has 4 rings (SSSR count). The molecule has 3 heterocycles. The second kappa shape index (κ2) is 7.14. The van der Waals surface area contributed by atoms with Crippen molar-refractivity contribution in [2.45, 2.75) is 19.3 Å². The third kappa shape index (κ3) is 3.46. The lowest BCUT2D eigenvalue weighted by molar-refractivity contribution is 0.0965. The average Bonchev–Trinajstić information content (AvgIpc) is 2.90. The van der Waals surface area contributed by atoms with E-state index in [2.05, 4.69) is 10.4 Å². The molecule has 152 valence electrons. The number of carbonyl (C=O) groups is 1. The Hall–Kier alpha value is -2.94. The molecule has 0 unspecified atom stereocenters. The first kappa shape index (κ1) is 19.4. The zero-order chi connectivity index (χ0) is 20.8. The van der Waals surface area contributed by atoms with Gasteiger partial charge in [-0.1, -0.05) is 0 Å². The summed E-state index contributed by atoms with van der Waals surface area (Å²) in [5.74, 6) is -0.692. The van der Waals surface area contributed by atoms with Gasteiger partial charge in [-0.05, 0) is 55.2 Å². The number of pyridine rings is 1. The molecular formula is C20H21FN4O3S. The predicted octanol–water partition coefficient (Wildman–Crippen LogP) is 2.60. The second-order valence-corrected chi connectivity index (χ2v) is 9.02. The Kier molecular flexibility index (Phi) is 4.77. The topological polar surface area (TPSA) is 83.8 Å². The summed E-state index contributed by atoms with van der Waals surface area (Å²) < 4.78 is 40.9. The number of hydrogen-bond donors (Lipinski definition) is 1. The van der Waals surface area contributed by atoms with Crippen LogP contribution in [0.25, 0.3) is 16.8 Å². The van der Waals surface area contributed by atoms with Gasteiger partial charge in [0.05, 0.1) is 29.2 Å². The number of nitrogens with one attached hydrogen (secondary N) is 1. The minimum atomic E-state index is -3.44. The van der Waals surface area contributed by atoms with Crippen molar-refractivity contribution in [3.8, 4) is 11.3 Å². The molecule has 0 fully saturated rings. The van der Waals surface area contributed by atoms with E-state index in [1.165, 1.54) is 34.3 Å². The lowest BCUT2D eigenvalue weighted by Crippen LogP contribution is -2.30. The molecule has 9 heteroatoms. The Morgan fingerprint density at radius 3 is 2.59 bits per heavy atom. The van der Waals surface area contributed by atoms with Crippen molar-refractivity contribution < 1.29 is 17.6 Å². The lowest BCUT2D eigenvalue weighted by atomic mass is 10.0. The number of aromatic nitrogens is 2. The average molecular weight is 416 g/mol. The predicted molar refractivity (Wildman–Crippen MR) is 109 cm³/mol. The van der Waals surface area contributed by atoms with Crippen LogP contribution < -0.4 is 9.62 Å².